The molecule has 4 aromatic carbocycles. The summed E-state index contributed by atoms with van der Waals surface area (Å²) < 4.78 is 0. The first-order valence-electron chi connectivity index (χ1n) is 13.9. The topological polar surface area (TPSA) is 6.48 Å². The lowest BCUT2D eigenvalue weighted by atomic mass is 10.0. The summed E-state index contributed by atoms with van der Waals surface area (Å²) in [5.74, 6) is 0. The summed E-state index contributed by atoms with van der Waals surface area (Å²) in [4.78, 5) is 5.08. The molecular formula is C38H40N2. The van der Waals surface area contributed by atoms with E-state index in [9.17, 15) is 0 Å². The van der Waals surface area contributed by atoms with Crippen molar-refractivity contribution in [3.05, 3.63) is 168 Å². The molecule has 4 aromatic rings. The third-order valence-electron chi connectivity index (χ3n) is 7.41. The average Bonchev–Trinajstić information content (AvgIpc) is 3.00. The van der Waals surface area contributed by atoms with Crippen LogP contribution < -0.4 is 0 Å². The predicted molar refractivity (Wildman–Crippen MR) is 174 cm³/mol. The van der Waals surface area contributed by atoms with E-state index in [1.807, 2.05) is 24.3 Å². The molecular weight excluding hydrogens is 484 g/mol. The number of hydrogen-bond acceptors (Lipinski definition) is 2. The lowest BCUT2D eigenvalue weighted by Gasteiger charge is -2.29. The van der Waals surface area contributed by atoms with Crippen molar-refractivity contribution < 1.29 is 0 Å². The van der Waals surface area contributed by atoms with Crippen LogP contribution in [-0.4, -0.2) is 22.9 Å². The van der Waals surface area contributed by atoms with E-state index < -0.39 is 0 Å². The maximum absolute atomic E-state index is 4.05. The van der Waals surface area contributed by atoms with Gasteiger partial charge in [-0.2, -0.15) is 0 Å². The lowest BCUT2D eigenvalue weighted by molar-refractivity contribution is 0.182. The van der Waals surface area contributed by atoms with Crippen molar-refractivity contribution in [1.82, 2.24) is 9.80 Å². The fourth-order valence-corrected chi connectivity index (χ4v) is 5.18. The van der Waals surface area contributed by atoms with Crippen LogP contribution >= 0.6 is 0 Å². The molecule has 0 heterocycles. The van der Waals surface area contributed by atoms with Gasteiger partial charge in [0.15, 0.2) is 0 Å². The van der Waals surface area contributed by atoms with Gasteiger partial charge in [-0.3, -0.25) is 9.80 Å². The molecule has 2 nitrogen and oxygen atoms in total. The molecule has 0 bridgehead atoms. The van der Waals surface area contributed by atoms with Crippen LogP contribution in [0.3, 0.4) is 0 Å². The number of hydrogen-bond donors (Lipinski definition) is 0. The van der Waals surface area contributed by atoms with Gasteiger partial charge in [0, 0.05) is 39.3 Å². The molecule has 40 heavy (non-hydrogen) atoms. The van der Waals surface area contributed by atoms with Crippen LogP contribution in [-0.2, 0) is 26.2 Å². The van der Waals surface area contributed by atoms with E-state index in [1.54, 1.807) is 0 Å². The second-order valence-electron chi connectivity index (χ2n) is 10.0. The molecule has 0 unspecified atom stereocenters. The van der Waals surface area contributed by atoms with Crippen LogP contribution in [0, 0.1) is 0 Å². The SMILES string of the molecule is C=Cc1ccccc1CN(CCN(Cc1ccccc1C=C)Cc1ccccc1C=C)Cc1ccccc1C=C. The van der Waals surface area contributed by atoms with Gasteiger partial charge in [-0.1, -0.05) is 148 Å². The van der Waals surface area contributed by atoms with Gasteiger partial charge in [0.1, 0.15) is 0 Å². The van der Waals surface area contributed by atoms with Crippen molar-refractivity contribution in [3.63, 3.8) is 0 Å². The van der Waals surface area contributed by atoms with Crippen LogP contribution in [0.25, 0.3) is 24.3 Å². The smallest absolute Gasteiger partial charge is 0.0243 e. The van der Waals surface area contributed by atoms with Gasteiger partial charge in [0.05, 0.1) is 0 Å². The summed E-state index contributed by atoms with van der Waals surface area (Å²) in [6.45, 7) is 21.4. The van der Waals surface area contributed by atoms with Gasteiger partial charge >= 0.3 is 0 Å². The third kappa shape index (κ3) is 7.66. The van der Waals surface area contributed by atoms with Crippen molar-refractivity contribution in [2.45, 2.75) is 26.2 Å². The minimum atomic E-state index is 0.841. The molecule has 0 saturated heterocycles. The van der Waals surface area contributed by atoms with Gasteiger partial charge in [0.2, 0.25) is 0 Å². The molecule has 0 spiro atoms. The maximum atomic E-state index is 4.05. The molecule has 0 aliphatic rings. The van der Waals surface area contributed by atoms with Crippen molar-refractivity contribution in [3.8, 4) is 0 Å². The van der Waals surface area contributed by atoms with Crippen molar-refractivity contribution >= 4 is 24.3 Å². The predicted octanol–water partition coefficient (Wildman–Crippen LogP) is 8.96. The fourth-order valence-electron chi connectivity index (χ4n) is 5.18. The normalized spacial score (nSPS) is 10.9. The summed E-state index contributed by atoms with van der Waals surface area (Å²) in [5, 5.41) is 0. The zero-order valence-corrected chi connectivity index (χ0v) is 23.5. The Labute approximate surface area is 240 Å². The molecule has 0 saturated carbocycles. The fraction of sp³-hybridized carbons (Fsp3) is 0.158. The van der Waals surface area contributed by atoms with Gasteiger partial charge < -0.3 is 0 Å². The van der Waals surface area contributed by atoms with Crippen LogP contribution in [0.4, 0.5) is 0 Å². The third-order valence-corrected chi connectivity index (χ3v) is 7.41. The Kier molecular flexibility index (Phi) is 10.6. The van der Waals surface area contributed by atoms with Crippen molar-refractivity contribution in [2.75, 3.05) is 13.1 Å². The summed E-state index contributed by atoms with van der Waals surface area (Å²) in [6, 6.07) is 34.2. The molecule has 0 fully saturated rings. The lowest BCUT2D eigenvalue weighted by Crippen LogP contribution is -2.34. The van der Waals surface area contributed by atoms with Crippen LogP contribution in [0.15, 0.2) is 123 Å². The standard InChI is InChI=1S/C38H40N2/c1-5-31-17-9-13-21-35(31)27-39(28-36-22-14-10-18-32(36)6-2)25-26-40(29-37-23-15-11-19-33(37)7-3)30-38-24-16-12-20-34(38)8-4/h5-24H,1-4,25-30H2. The Morgan fingerprint density at radius 3 is 0.825 bits per heavy atom. The summed E-state index contributed by atoms with van der Waals surface area (Å²) in [7, 11) is 0. The monoisotopic (exact) mass is 524 g/mol. The Morgan fingerprint density at radius 1 is 0.375 bits per heavy atom. The van der Waals surface area contributed by atoms with Gasteiger partial charge in [-0.25, -0.2) is 0 Å². The Bertz CT molecular complexity index is 1230. The zero-order valence-electron chi connectivity index (χ0n) is 23.5. The quantitative estimate of drug-likeness (QED) is 0.153. The molecule has 202 valence electrons. The molecule has 0 aliphatic heterocycles. The average molecular weight is 525 g/mol. The molecule has 4 rings (SSSR count). The molecule has 0 amide bonds. The van der Waals surface area contributed by atoms with Crippen LogP contribution in [0.5, 0.6) is 0 Å². The Balaban J connectivity index is 1.62. The number of benzene rings is 4. The minimum Gasteiger partial charge on any atom is -0.294 e. The van der Waals surface area contributed by atoms with Gasteiger partial charge in [-0.05, 0) is 44.5 Å². The Morgan fingerprint density at radius 2 is 0.600 bits per heavy atom. The molecule has 0 atom stereocenters. The highest BCUT2D eigenvalue weighted by molar-refractivity contribution is 5.54. The summed E-state index contributed by atoms with van der Waals surface area (Å²) in [6.07, 6.45) is 7.82. The number of rotatable bonds is 15. The van der Waals surface area contributed by atoms with E-state index in [1.165, 1.54) is 44.5 Å². The van der Waals surface area contributed by atoms with Gasteiger partial charge in [0.25, 0.3) is 0 Å². The molecule has 0 aliphatic carbocycles. The molecule has 0 N–H and O–H groups in total. The summed E-state index contributed by atoms with van der Waals surface area (Å²) >= 11 is 0. The highest BCUT2D eigenvalue weighted by Crippen LogP contribution is 2.21. The largest absolute Gasteiger partial charge is 0.294 e. The van der Waals surface area contributed by atoms with E-state index in [4.69, 9.17) is 0 Å². The second-order valence-corrected chi connectivity index (χ2v) is 10.0. The second kappa shape index (κ2) is 14.8. The first-order valence-corrected chi connectivity index (χ1v) is 13.9. The van der Waals surface area contributed by atoms with Crippen LogP contribution in [0.1, 0.15) is 44.5 Å². The maximum Gasteiger partial charge on any atom is 0.0243 e. The zero-order chi connectivity index (χ0) is 28.2. The minimum absolute atomic E-state index is 0.841. The first kappa shape index (κ1) is 28.8. The number of nitrogens with zero attached hydrogens (tertiary/aromatic N) is 2. The highest BCUT2D eigenvalue weighted by Gasteiger charge is 2.16. The van der Waals surface area contributed by atoms with Crippen molar-refractivity contribution in [2.24, 2.45) is 0 Å². The van der Waals surface area contributed by atoms with Gasteiger partial charge in [-0.15, -0.1) is 0 Å². The highest BCUT2D eigenvalue weighted by atomic mass is 15.2. The van der Waals surface area contributed by atoms with Crippen molar-refractivity contribution in [1.29, 1.82) is 0 Å². The molecule has 0 aromatic heterocycles. The summed E-state index contributed by atoms with van der Waals surface area (Å²) in [5.41, 5.74) is 9.87. The molecule has 0 radical (unpaired) electrons. The van der Waals surface area contributed by atoms with E-state index in [0.717, 1.165) is 39.3 Å². The Hall–Kier alpha value is -4.24. The van der Waals surface area contributed by atoms with E-state index >= 15 is 0 Å². The van der Waals surface area contributed by atoms with E-state index in [0.29, 0.717) is 0 Å². The van der Waals surface area contributed by atoms with E-state index in [2.05, 4.69) is 133 Å². The molecule has 2 heteroatoms. The first-order chi connectivity index (χ1) is 19.6. The van der Waals surface area contributed by atoms with Crippen LogP contribution in [0.2, 0.25) is 0 Å². The van der Waals surface area contributed by atoms with E-state index in [-0.39, 0.29) is 0 Å².